The third-order valence-corrected chi connectivity index (χ3v) is 4.70. The van der Waals surface area contributed by atoms with Crippen molar-refractivity contribution in [2.75, 3.05) is 0 Å². The monoisotopic (exact) mass is 319 g/mol. The molecule has 1 saturated carbocycles. The Labute approximate surface area is 124 Å². The van der Waals surface area contributed by atoms with Crippen LogP contribution in [0.3, 0.4) is 0 Å². The molecule has 0 saturated heterocycles. The molecular formula is C13H16F3N3OS. The van der Waals surface area contributed by atoms with Gasteiger partial charge >= 0.3 is 6.18 Å². The van der Waals surface area contributed by atoms with Gasteiger partial charge in [0.05, 0.1) is 5.56 Å². The van der Waals surface area contributed by atoms with Crippen LogP contribution >= 0.6 is 11.8 Å². The predicted molar refractivity (Wildman–Crippen MR) is 74.5 cm³/mol. The second kappa shape index (κ2) is 6.55. The van der Waals surface area contributed by atoms with Gasteiger partial charge in [-0.3, -0.25) is 0 Å². The number of rotatable bonds is 3. The molecule has 1 aliphatic carbocycles. The van der Waals surface area contributed by atoms with Gasteiger partial charge in [-0.05, 0) is 25.0 Å². The lowest BCUT2D eigenvalue weighted by molar-refractivity contribution is -0.141. The topological polar surface area (TPSA) is 71.5 Å². The number of pyridine rings is 1. The number of nitrogens with two attached hydrogens (primary N) is 1. The summed E-state index contributed by atoms with van der Waals surface area (Å²) in [4.78, 5) is 3.67. The molecule has 0 aliphatic heterocycles. The summed E-state index contributed by atoms with van der Waals surface area (Å²) in [5.41, 5.74) is 4.80. The van der Waals surface area contributed by atoms with Gasteiger partial charge in [0.25, 0.3) is 0 Å². The van der Waals surface area contributed by atoms with E-state index >= 15 is 0 Å². The molecule has 0 spiro atoms. The highest BCUT2D eigenvalue weighted by molar-refractivity contribution is 7.99. The van der Waals surface area contributed by atoms with E-state index in [0.717, 1.165) is 38.2 Å². The Bertz CT molecular complexity index is 528. The Kier molecular flexibility index (Phi) is 4.97. The molecule has 21 heavy (non-hydrogen) atoms. The fourth-order valence-corrected chi connectivity index (χ4v) is 3.61. The molecule has 0 radical (unpaired) electrons. The van der Waals surface area contributed by atoms with Crippen LogP contribution in [0.2, 0.25) is 0 Å². The third kappa shape index (κ3) is 4.03. The SMILES string of the molecule is NC(=NO)c1ccc(C(F)(F)F)nc1SC1CCCCC1. The molecule has 0 bridgehead atoms. The summed E-state index contributed by atoms with van der Waals surface area (Å²) in [6.07, 6.45) is 0.660. The van der Waals surface area contributed by atoms with Crippen LogP contribution in [-0.2, 0) is 6.18 Å². The third-order valence-electron chi connectivity index (χ3n) is 3.36. The quantitative estimate of drug-likeness (QED) is 0.386. The second-order valence-corrected chi connectivity index (χ2v) is 6.20. The molecule has 1 heterocycles. The van der Waals surface area contributed by atoms with Gasteiger partial charge in [-0.25, -0.2) is 4.98 Å². The van der Waals surface area contributed by atoms with Gasteiger partial charge in [0.1, 0.15) is 10.7 Å². The largest absolute Gasteiger partial charge is 0.433 e. The number of hydrogen-bond donors (Lipinski definition) is 2. The molecule has 0 unspecified atom stereocenters. The summed E-state index contributed by atoms with van der Waals surface area (Å²) in [5, 5.41) is 12.0. The van der Waals surface area contributed by atoms with Gasteiger partial charge in [0.2, 0.25) is 0 Å². The molecule has 2 rings (SSSR count). The summed E-state index contributed by atoms with van der Waals surface area (Å²) in [5.74, 6) is -0.227. The van der Waals surface area contributed by atoms with Gasteiger partial charge in [-0.15, -0.1) is 11.8 Å². The zero-order valence-corrected chi connectivity index (χ0v) is 12.0. The second-order valence-electron chi connectivity index (χ2n) is 4.91. The predicted octanol–water partition coefficient (Wildman–Crippen LogP) is 3.62. The first kappa shape index (κ1) is 15.9. The molecule has 3 N–H and O–H groups in total. The van der Waals surface area contributed by atoms with Crippen LogP contribution < -0.4 is 5.73 Å². The summed E-state index contributed by atoms with van der Waals surface area (Å²) >= 11 is 1.28. The van der Waals surface area contributed by atoms with Gasteiger partial charge in [-0.1, -0.05) is 24.4 Å². The van der Waals surface area contributed by atoms with Crippen molar-refractivity contribution in [2.45, 2.75) is 48.6 Å². The van der Waals surface area contributed by atoms with Crippen molar-refractivity contribution in [1.82, 2.24) is 4.98 Å². The minimum Gasteiger partial charge on any atom is -0.409 e. The smallest absolute Gasteiger partial charge is 0.409 e. The molecule has 0 aromatic carbocycles. The maximum atomic E-state index is 12.8. The molecule has 116 valence electrons. The summed E-state index contributed by atoms with van der Waals surface area (Å²) in [7, 11) is 0. The van der Waals surface area contributed by atoms with E-state index in [1.165, 1.54) is 17.8 Å². The average Bonchev–Trinajstić information content (AvgIpc) is 2.46. The van der Waals surface area contributed by atoms with E-state index in [1.807, 2.05) is 0 Å². The molecular weight excluding hydrogens is 303 g/mol. The van der Waals surface area contributed by atoms with Gasteiger partial charge in [0, 0.05) is 5.25 Å². The fourth-order valence-electron chi connectivity index (χ4n) is 2.28. The average molecular weight is 319 g/mol. The lowest BCUT2D eigenvalue weighted by Crippen LogP contribution is -2.18. The van der Waals surface area contributed by atoms with Crippen molar-refractivity contribution in [3.05, 3.63) is 23.4 Å². The number of oxime groups is 1. The Morgan fingerprint density at radius 2 is 1.95 bits per heavy atom. The normalized spacial score (nSPS) is 18.0. The number of aromatic nitrogens is 1. The van der Waals surface area contributed by atoms with Crippen molar-refractivity contribution in [3.63, 3.8) is 0 Å². The van der Waals surface area contributed by atoms with Crippen molar-refractivity contribution in [3.8, 4) is 0 Å². The molecule has 1 aliphatic rings. The summed E-state index contributed by atoms with van der Waals surface area (Å²) in [6.45, 7) is 0. The number of halogens is 3. The molecule has 4 nitrogen and oxygen atoms in total. The van der Waals surface area contributed by atoms with Crippen LogP contribution in [0.4, 0.5) is 13.2 Å². The first-order valence-electron chi connectivity index (χ1n) is 6.64. The molecule has 0 atom stereocenters. The number of alkyl halides is 3. The van der Waals surface area contributed by atoms with E-state index in [9.17, 15) is 13.2 Å². The van der Waals surface area contributed by atoms with Crippen LogP contribution in [0.1, 0.15) is 43.4 Å². The zero-order chi connectivity index (χ0) is 15.5. The van der Waals surface area contributed by atoms with Crippen molar-refractivity contribution >= 4 is 17.6 Å². The number of hydrogen-bond acceptors (Lipinski definition) is 4. The zero-order valence-electron chi connectivity index (χ0n) is 11.2. The van der Waals surface area contributed by atoms with Crippen molar-refractivity contribution < 1.29 is 18.4 Å². The molecule has 1 aromatic heterocycles. The Morgan fingerprint density at radius 3 is 2.52 bits per heavy atom. The Balaban J connectivity index is 2.33. The van der Waals surface area contributed by atoms with E-state index in [-0.39, 0.29) is 21.7 Å². The molecule has 8 heteroatoms. The summed E-state index contributed by atoms with van der Waals surface area (Å²) < 4.78 is 38.3. The van der Waals surface area contributed by atoms with E-state index in [4.69, 9.17) is 10.9 Å². The lowest BCUT2D eigenvalue weighted by Gasteiger charge is -2.22. The molecule has 1 fully saturated rings. The van der Waals surface area contributed by atoms with E-state index < -0.39 is 11.9 Å². The highest BCUT2D eigenvalue weighted by Gasteiger charge is 2.33. The van der Waals surface area contributed by atoms with Crippen LogP contribution in [-0.4, -0.2) is 21.3 Å². The highest BCUT2D eigenvalue weighted by Crippen LogP contribution is 2.36. The van der Waals surface area contributed by atoms with Crippen LogP contribution in [0.25, 0.3) is 0 Å². The molecule has 0 amide bonds. The Morgan fingerprint density at radius 1 is 1.29 bits per heavy atom. The van der Waals surface area contributed by atoms with Crippen LogP contribution in [0, 0.1) is 0 Å². The van der Waals surface area contributed by atoms with Crippen LogP contribution in [0.5, 0.6) is 0 Å². The van der Waals surface area contributed by atoms with E-state index in [0.29, 0.717) is 0 Å². The van der Waals surface area contributed by atoms with Crippen molar-refractivity contribution in [1.29, 1.82) is 0 Å². The molecule has 1 aromatic rings. The maximum absolute atomic E-state index is 12.8. The number of nitrogens with zero attached hydrogens (tertiary/aromatic N) is 2. The van der Waals surface area contributed by atoms with Gasteiger partial charge in [-0.2, -0.15) is 13.2 Å². The highest BCUT2D eigenvalue weighted by atomic mass is 32.2. The minimum absolute atomic E-state index is 0.173. The maximum Gasteiger partial charge on any atom is 0.433 e. The van der Waals surface area contributed by atoms with Gasteiger partial charge < -0.3 is 10.9 Å². The number of amidine groups is 1. The fraction of sp³-hybridized carbons (Fsp3) is 0.538. The first-order valence-corrected chi connectivity index (χ1v) is 7.52. The standard InChI is InChI=1S/C13H16F3N3OS/c14-13(15,16)10-7-6-9(11(17)19-20)12(18-10)21-8-4-2-1-3-5-8/h6-8,20H,1-5H2,(H2,17,19). The Hall–Kier alpha value is -1.44. The van der Waals surface area contributed by atoms with E-state index in [1.54, 1.807) is 0 Å². The lowest BCUT2D eigenvalue weighted by atomic mass is 10.0. The van der Waals surface area contributed by atoms with E-state index in [2.05, 4.69) is 10.1 Å². The summed E-state index contributed by atoms with van der Waals surface area (Å²) in [6, 6.07) is 2.05. The minimum atomic E-state index is -4.51. The first-order chi connectivity index (χ1) is 9.91. The number of thioether (sulfide) groups is 1. The van der Waals surface area contributed by atoms with Crippen molar-refractivity contribution in [2.24, 2.45) is 10.9 Å². The van der Waals surface area contributed by atoms with Crippen LogP contribution in [0.15, 0.2) is 22.3 Å². The van der Waals surface area contributed by atoms with Gasteiger partial charge in [0.15, 0.2) is 5.84 Å².